The van der Waals surface area contributed by atoms with Crippen molar-refractivity contribution in [2.45, 2.75) is 26.9 Å². The van der Waals surface area contributed by atoms with Crippen LogP contribution in [0.3, 0.4) is 0 Å². The zero-order valence-corrected chi connectivity index (χ0v) is 24.1. The Kier molecular flexibility index (Phi) is 9.37. The van der Waals surface area contributed by atoms with E-state index in [1.807, 2.05) is 17.6 Å². The zero-order valence-electron chi connectivity index (χ0n) is 24.1. The van der Waals surface area contributed by atoms with Crippen molar-refractivity contribution in [1.29, 1.82) is 5.26 Å². The highest BCUT2D eigenvalue weighted by molar-refractivity contribution is 6.09. The number of anilines is 1. The number of ether oxygens (including phenoxy) is 2. The number of benzene rings is 3. The lowest BCUT2D eigenvalue weighted by Gasteiger charge is -2.12. The van der Waals surface area contributed by atoms with E-state index in [1.165, 1.54) is 42.5 Å². The van der Waals surface area contributed by atoms with Crippen molar-refractivity contribution >= 4 is 29.3 Å². The largest absolute Gasteiger partial charge is 0.462 e. The van der Waals surface area contributed by atoms with Crippen LogP contribution in [0.15, 0.2) is 78.4 Å². The van der Waals surface area contributed by atoms with Crippen molar-refractivity contribution in [3.63, 3.8) is 0 Å². The van der Waals surface area contributed by atoms with Gasteiger partial charge in [0.1, 0.15) is 17.4 Å². The van der Waals surface area contributed by atoms with Gasteiger partial charge in [-0.15, -0.1) is 0 Å². The fraction of sp³-hybridized carbons (Fsp3) is 0.156. The molecule has 45 heavy (non-hydrogen) atoms. The van der Waals surface area contributed by atoms with E-state index in [1.54, 1.807) is 32.0 Å². The van der Waals surface area contributed by atoms with Gasteiger partial charge < -0.3 is 19.4 Å². The van der Waals surface area contributed by atoms with E-state index in [-0.39, 0.29) is 23.7 Å². The minimum absolute atomic E-state index is 0.155. The second-order valence-corrected chi connectivity index (χ2v) is 9.62. The Morgan fingerprint density at radius 3 is 2.29 bits per heavy atom. The molecular weight excluding hydrogens is 593 g/mol. The molecule has 13 heteroatoms. The molecule has 0 radical (unpaired) electrons. The van der Waals surface area contributed by atoms with Crippen molar-refractivity contribution in [2.24, 2.45) is 0 Å². The molecule has 0 saturated heterocycles. The lowest BCUT2D eigenvalue weighted by atomic mass is 10.1. The number of carbonyl (C=O) groups excluding carboxylic acids is 2. The van der Waals surface area contributed by atoms with Crippen LogP contribution < -0.4 is 10.1 Å². The summed E-state index contributed by atoms with van der Waals surface area (Å²) in [5, 5.41) is 23.7. The molecule has 3 aromatic carbocycles. The zero-order chi connectivity index (χ0) is 32.9. The standard InChI is InChI=1S/C32H25F3N4O6/c1-4-44-31(41)21-5-8-25(9-6-21)37-30(40)23(18-36)16-22-15-19(2)38(20(22)3)26-10-12-27(13-11-26)45-29-14-7-24(32(33,34)35)17-28(29)39(42)43/h5-17H,4H2,1-3H3,(H,37,40)/b23-16+. The van der Waals surface area contributed by atoms with Gasteiger partial charge in [-0.3, -0.25) is 14.9 Å². The lowest BCUT2D eigenvalue weighted by Crippen LogP contribution is -2.13. The Morgan fingerprint density at radius 2 is 1.71 bits per heavy atom. The number of nitrogens with zero attached hydrogens (tertiary/aromatic N) is 3. The Labute approximate surface area is 255 Å². The first kappa shape index (κ1) is 32.0. The van der Waals surface area contributed by atoms with E-state index in [9.17, 15) is 38.1 Å². The molecule has 0 atom stereocenters. The topological polar surface area (TPSA) is 136 Å². The summed E-state index contributed by atoms with van der Waals surface area (Å²) in [5.74, 6) is -1.33. The first-order valence-corrected chi connectivity index (χ1v) is 13.4. The number of amides is 1. The molecule has 0 aliphatic carbocycles. The van der Waals surface area contributed by atoms with Crippen LogP contribution in [0, 0.1) is 35.3 Å². The summed E-state index contributed by atoms with van der Waals surface area (Å²) in [5.41, 5.74) is 1.25. The van der Waals surface area contributed by atoms with Crippen LogP contribution in [-0.2, 0) is 15.7 Å². The smallest absolute Gasteiger partial charge is 0.416 e. The van der Waals surface area contributed by atoms with Crippen molar-refractivity contribution in [2.75, 3.05) is 11.9 Å². The molecule has 1 heterocycles. The summed E-state index contributed by atoms with van der Waals surface area (Å²) in [6, 6.07) is 18.1. The third-order valence-corrected chi connectivity index (χ3v) is 6.59. The first-order chi connectivity index (χ1) is 21.3. The number of carbonyl (C=O) groups is 2. The van der Waals surface area contributed by atoms with Crippen molar-refractivity contribution in [1.82, 2.24) is 4.57 Å². The number of aromatic nitrogens is 1. The second kappa shape index (κ2) is 13.2. The van der Waals surface area contributed by atoms with Crippen LogP contribution in [0.1, 0.15) is 39.8 Å². The van der Waals surface area contributed by atoms with Gasteiger partial charge in [-0.25, -0.2) is 4.79 Å². The second-order valence-electron chi connectivity index (χ2n) is 9.62. The maximum atomic E-state index is 13.0. The number of nitro groups is 1. The number of nitro benzene ring substituents is 1. The average molecular weight is 619 g/mol. The summed E-state index contributed by atoms with van der Waals surface area (Å²) < 4.78 is 51.4. The van der Waals surface area contributed by atoms with Crippen LogP contribution in [0.2, 0.25) is 0 Å². The highest BCUT2D eigenvalue weighted by atomic mass is 19.4. The number of esters is 1. The maximum absolute atomic E-state index is 13.0. The molecule has 230 valence electrons. The minimum Gasteiger partial charge on any atom is -0.462 e. The van der Waals surface area contributed by atoms with Crippen molar-refractivity contribution < 1.29 is 37.2 Å². The highest BCUT2D eigenvalue weighted by Gasteiger charge is 2.33. The average Bonchev–Trinajstić information content (AvgIpc) is 3.28. The van der Waals surface area contributed by atoms with Crippen LogP contribution in [0.25, 0.3) is 11.8 Å². The molecule has 0 saturated carbocycles. The van der Waals surface area contributed by atoms with Gasteiger partial charge in [0.05, 0.1) is 22.7 Å². The van der Waals surface area contributed by atoms with Gasteiger partial charge in [-0.1, -0.05) is 0 Å². The monoisotopic (exact) mass is 618 g/mol. The Morgan fingerprint density at radius 1 is 1.04 bits per heavy atom. The summed E-state index contributed by atoms with van der Waals surface area (Å²) in [4.78, 5) is 35.1. The summed E-state index contributed by atoms with van der Waals surface area (Å²) in [6.07, 6.45) is -3.30. The van der Waals surface area contributed by atoms with Crippen molar-refractivity contribution in [3.05, 3.63) is 117 Å². The van der Waals surface area contributed by atoms with Crippen LogP contribution in [0.5, 0.6) is 11.5 Å². The molecule has 1 N–H and O–H groups in total. The van der Waals surface area contributed by atoms with E-state index in [2.05, 4.69) is 5.32 Å². The van der Waals surface area contributed by atoms with E-state index in [0.717, 1.165) is 11.8 Å². The Hall–Kier alpha value is -5.90. The molecule has 4 rings (SSSR count). The van der Waals surface area contributed by atoms with Gasteiger partial charge in [0.15, 0.2) is 0 Å². The molecular formula is C32H25F3N4O6. The molecule has 1 aromatic heterocycles. The number of nitriles is 1. The first-order valence-electron chi connectivity index (χ1n) is 13.4. The van der Waals surface area contributed by atoms with E-state index in [0.29, 0.717) is 40.3 Å². The van der Waals surface area contributed by atoms with Crippen LogP contribution >= 0.6 is 0 Å². The normalized spacial score (nSPS) is 11.4. The molecule has 1 amide bonds. The predicted octanol–water partition coefficient (Wildman–Crippen LogP) is 7.54. The number of halogens is 3. The van der Waals surface area contributed by atoms with E-state index >= 15 is 0 Å². The highest BCUT2D eigenvalue weighted by Crippen LogP contribution is 2.38. The van der Waals surface area contributed by atoms with Gasteiger partial charge in [0, 0.05) is 28.8 Å². The number of rotatable bonds is 9. The molecule has 0 spiro atoms. The number of aryl methyl sites for hydroxylation is 1. The lowest BCUT2D eigenvalue weighted by molar-refractivity contribution is -0.385. The number of hydrogen-bond donors (Lipinski definition) is 1. The van der Waals surface area contributed by atoms with Gasteiger partial charge >= 0.3 is 17.8 Å². The number of hydrogen-bond acceptors (Lipinski definition) is 7. The Bertz CT molecular complexity index is 1840. The molecule has 4 aromatic rings. The van der Waals surface area contributed by atoms with E-state index < -0.39 is 34.2 Å². The van der Waals surface area contributed by atoms with Gasteiger partial charge in [0.25, 0.3) is 5.91 Å². The molecule has 0 unspecified atom stereocenters. The summed E-state index contributed by atoms with van der Waals surface area (Å²) >= 11 is 0. The summed E-state index contributed by atoms with van der Waals surface area (Å²) in [7, 11) is 0. The molecule has 10 nitrogen and oxygen atoms in total. The fourth-order valence-electron chi connectivity index (χ4n) is 4.45. The molecule has 0 bridgehead atoms. The number of nitrogens with one attached hydrogen (secondary N) is 1. The van der Waals surface area contributed by atoms with Gasteiger partial charge in [0.2, 0.25) is 5.75 Å². The molecule has 0 aliphatic heterocycles. The third-order valence-electron chi connectivity index (χ3n) is 6.59. The SMILES string of the molecule is CCOC(=O)c1ccc(NC(=O)/C(C#N)=C/c2cc(C)n(-c3ccc(Oc4ccc(C(F)(F)F)cc4[N+](=O)[O-])cc3)c2C)cc1. The molecule has 0 fully saturated rings. The molecule has 0 aliphatic rings. The van der Waals surface area contributed by atoms with Gasteiger partial charge in [-0.2, -0.15) is 18.4 Å². The minimum atomic E-state index is -4.75. The van der Waals surface area contributed by atoms with Gasteiger partial charge in [-0.05, 0) is 99.1 Å². The third kappa shape index (κ3) is 7.37. The van der Waals surface area contributed by atoms with E-state index in [4.69, 9.17) is 9.47 Å². The van der Waals surface area contributed by atoms with Crippen LogP contribution in [0.4, 0.5) is 24.5 Å². The summed E-state index contributed by atoms with van der Waals surface area (Å²) in [6.45, 7) is 5.53. The quantitative estimate of drug-likeness (QED) is 0.0673. The fourth-order valence-corrected chi connectivity index (χ4v) is 4.45. The number of alkyl halides is 3. The van der Waals surface area contributed by atoms with Crippen molar-refractivity contribution in [3.8, 4) is 23.3 Å². The van der Waals surface area contributed by atoms with Crippen LogP contribution in [-0.4, -0.2) is 28.0 Å². The predicted molar refractivity (Wildman–Crippen MR) is 158 cm³/mol. The maximum Gasteiger partial charge on any atom is 0.416 e. The Balaban J connectivity index is 1.53.